The summed E-state index contributed by atoms with van der Waals surface area (Å²) in [7, 11) is 0. The molecule has 2 rings (SSSR count). The molecule has 0 unspecified atom stereocenters. The molecule has 2 aromatic rings. The van der Waals surface area contributed by atoms with E-state index < -0.39 is 0 Å². The number of nitrogens with one attached hydrogen (secondary N) is 1. The van der Waals surface area contributed by atoms with Crippen LogP contribution in [0.15, 0.2) is 30.6 Å². The summed E-state index contributed by atoms with van der Waals surface area (Å²) in [5.74, 6) is 0.233. The van der Waals surface area contributed by atoms with Crippen LogP contribution in [0.2, 0.25) is 0 Å². The first kappa shape index (κ1) is 13.5. The van der Waals surface area contributed by atoms with Crippen molar-refractivity contribution in [2.75, 3.05) is 0 Å². The third-order valence-corrected chi connectivity index (χ3v) is 3.35. The largest absolute Gasteiger partial charge is 0.506 e. The van der Waals surface area contributed by atoms with E-state index in [9.17, 15) is 5.11 Å². The fourth-order valence-corrected chi connectivity index (χ4v) is 1.91. The molecule has 0 fully saturated rings. The Kier molecular flexibility index (Phi) is 4.16. The van der Waals surface area contributed by atoms with Gasteiger partial charge in [-0.05, 0) is 39.0 Å². The molecule has 19 heavy (non-hydrogen) atoms. The molecule has 102 valence electrons. The molecular weight excluding hydrogens is 240 g/mol. The summed E-state index contributed by atoms with van der Waals surface area (Å²) < 4.78 is 1.92. The first-order valence-electron chi connectivity index (χ1n) is 6.46. The Bertz CT molecular complexity index is 524. The van der Waals surface area contributed by atoms with Gasteiger partial charge in [0.25, 0.3) is 0 Å². The highest BCUT2D eigenvalue weighted by atomic mass is 16.3. The van der Waals surface area contributed by atoms with Gasteiger partial charge >= 0.3 is 0 Å². The summed E-state index contributed by atoms with van der Waals surface area (Å²) in [6, 6.07) is 5.86. The van der Waals surface area contributed by atoms with Gasteiger partial charge in [0.1, 0.15) is 5.75 Å². The van der Waals surface area contributed by atoms with Crippen LogP contribution in [0.4, 0.5) is 0 Å². The van der Waals surface area contributed by atoms with Gasteiger partial charge in [-0.1, -0.05) is 0 Å². The third-order valence-electron chi connectivity index (χ3n) is 3.35. The van der Waals surface area contributed by atoms with Crippen LogP contribution in [0, 0.1) is 6.92 Å². The minimum atomic E-state index is 0.224. The zero-order valence-electron chi connectivity index (χ0n) is 11.5. The number of nitrogens with zero attached hydrogens (tertiary/aromatic N) is 3. The number of aromatic nitrogens is 3. The maximum absolute atomic E-state index is 9.75. The molecule has 0 aliphatic heterocycles. The summed E-state index contributed by atoms with van der Waals surface area (Å²) in [6.07, 6.45) is 3.72. The molecule has 0 aliphatic rings. The van der Waals surface area contributed by atoms with Crippen molar-refractivity contribution in [2.45, 2.75) is 39.4 Å². The van der Waals surface area contributed by atoms with Crippen molar-refractivity contribution >= 4 is 0 Å². The van der Waals surface area contributed by atoms with Crippen molar-refractivity contribution in [2.24, 2.45) is 0 Å². The van der Waals surface area contributed by atoms with E-state index in [0.29, 0.717) is 12.2 Å². The summed E-state index contributed by atoms with van der Waals surface area (Å²) in [4.78, 5) is 4.33. The SMILES string of the molecule is Cc1ccc(O)c(CN[C@H](C)[C@@H](C)n2cccn2)n1. The molecule has 5 heteroatoms. The van der Waals surface area contributed by atoms with Gasteiger partial charge in [-0.3, -0.25) is 9.67 Å². The molecule has 0 spiro atoms. The van der Waals surface area contributed by atoms with Gasteiger partial charge in [-0.25, -0.2) is 0 Å². The summed E-state index contributed by atoms with van der Waals surface area (Å²) in [5.41, 5.74) is 1.59. The zero-order valence-corrected chi connectivity index (χ0v) is 11.5. The molecule has 0 aliphatic carbocycles. The number of pyridine rings is 1. The van der Waals surface area contributed by atoms with E-state index in [1.54, 1.807) is 18.3 Å². The Labute approximate surface area is 113 Å². The lowest BCUT2D eigenvalue weighted by molar-refractivity contribution is 0.360. The van der Waals surface area contributed by atoms with E-state index >= 15 is 0 Å². The van der Waals surface area contributed by atoms with Crippen molar-refractivity contribution in [1.29, 1.82) is 0 Å². The van der Waals surface area contributed by atoms with Gasteiger partial charge < -0.3 is 10.4 Å². The molecule has 2 heterocycles. The summed E-state index contributed by atoms with van der Waals surface area (Å²) >= 11 is 0. The van der Waals surface area contributed by atoms with Crippen LogP contribution < -0.4 is 5.32 Å². The predicted molar refractivity (Wildman–Crippen MR) is 73.9 cm³/mol. The van der Waals surface area contributed by atoms with Crippen LogP contribution in [0.5, 0.6) is 5.75 Å². The van der Waals surface area contributed by atoms with Crippen LogP contribution in [0.3, 0.4) is 0 Å². The summed E-state index contributed by atoms with van der Waals surface area (Å²) in [6.45, 7) is 6.66. The minimum Gasteiger partial charge on any atom is -0.506 e. The molecule has 0 bridgehead atoms. The molecule has 2 atom stereocenters. The van der Waals surface area contributed by atoms with Crippen molar-refractivity contribution in [3.05, 3.63) is 42.0 Å². The lowest BCUT2D eigenvalue weighted by Gasteiger charge is -2.21. The average Bonchev–Trinajstić information content (AvgIpc) is 2.92. The van der Waals surface area contributed by atoms with Crippen molar-refractivity contribution < 1.29 is 5.11 Å². The maximum atomic E-state index is 9.75. The number of rotatable bonds is 5. The van der Waals surface area contributed by atoms with Crippen LogP contribution in [-0.2, 0) is 6.54 Å². The van der Waals surface area contributed by atoms with Gasteiger partial charge in [0.05, 0.1) is 11.7 Å². The van der Waals surface area contributed by atoms with E-state index in [2.05, 4.69) is 29.2 Å². The zero-order chi connectivity index (χ0) is 13.8. The van der Waals surface area contributed by atoms with Gasteiger partial charge in [-0.2, -0.15) is 5.10 Å². The molecule has 0 aromatic carbocycles. The van der Waals surface area contributed by atoms with E-state index in [0.717, 1.165) is 5.69 Å². The highest BCUT2D eigenvalue weighted by Crippen LogP contribution is 2.16. The van der Waals surface area contributed by atoms with Crippen LogP contribution >= 0.6 is 0 Å². The molecule has 2 aromatic heterocycles. The monoisotopic (exact) mass is 260 g/mol. The number of aryl methyl sites for hydroxylation is 1. The average molecular weight is 260 g/mol. The summed E-state index contributed by atoms with van der Waals surface area (Å²) in [5, 5.41) is 17.4. The first-order valence-corrected chi connectivity index (χ1v) is 6.46. The Morgan fingerprint density at radius 2 is 2.16 bits per heavy atom. The van der Waals surface area contributed by atoms with Gasteiger partial charge in [0.2, 0.25) is 0 Å². The van der Waals surface area contributed by atoms with Crippen LogP contribution in [-0.4, -0.2) is 25.9 Å². The van der Waals surface area contributed by atoms with Crippen LogP contribution in [0.1, 0.15) is 31.3 Å². The Morgan fingerprint density at radius 1 is 1.37 bits per heavy atom. The second-order valence-electron chi connectivity index (χ2n) is 4.81. The van der Waals surface area contributed by atoms with E-state index in [-0.39, 0.29) is 17.8 Å². The lowest BCUT2D eigenvalue weighted by Crippen LogP contribution is -2.33. The predicted octanol–water partition coefficient (Wildman–Crippen LogP) is 2.03. The van der Waals surface area contributed by atoms with Gasteiger partial charge in [0.15, 0.2) is 0 Å². The number of hydrogen-bond acceptors (Lipinski definition) is 4. The van der Waals surface area contributed by atoms with E-state index in [4.69, 9.17) is 0 Å². The molecular formula is C14H20N4O. The van der Waals surface area contributed by atoms with Crippen molar-refractivity contribution in [3.8, 4) is 5.75 Å². The topological polar surface area (TPSA) is 63.0 Å². The second-order valence-corrected chi connectivity index (χ2v) is 4.81. The third kappa shape index (κ3) is 3.32. The Hall–Kier alpha value is -1.88. The van der Waals surface area contributed by atoms with E-state index in [1.165, 1.54) is 0 Å². The fourth-order valence-electron chi connectivity index (χ4n) is 1.91. The standard InChI is InChI=1S/C14H20N4O/c1-10-5-6-14(19)13(17-10)9-15-11(2)12(3)18-8-4-7-16-18/h4-8,11-12,15,19H,9H2,1-3H3/t11-,12-/m1/s1. The quantitative estimate of drug-likeness (QED) is 0.863. The molecule has 0 saturated heterocycles. The lowest BCUT2D eigenvalue weighted by atomic mass is 10.1. The minimum absolute atomic E-state index is 0.224. The normalized spacial score (nSPS) is 14.3. The van der Waals surface area contributed by atoms with Gasteiger partial charge in [-0.15, -0.1) is 0 Å². The van der Waals surface area contributed by atoms with Crippen molar-refractivity contribution in [3.63, 3.8) is 0 Å². The molecule has 0 radical (unpaired) electrons. The van der Waals surface area contributed by atoms with Gasteiger partial charge in [0, 0.05) is 30.7 Å². The second kappa shape index (κ2) is 5.84. The first-order chi connectivity index (χ1) is 9.08. The number of aromatic hydroxyl groups is 1. The molecule has 5 nitrogen and oxygen atoms in total. The highest BCUT2D eigenvalue weighted by molar-refractivity contribution is 5.27. The smallest absolute Gasteiger partial charge is 0.138 e. The van der Waals surface area contributed by atoms with Crippen LogP contribution in [0.25, 0.3) is 0 Å². The van der Waals surface area contributed by atoms with Crippen molar-refractivity contribution in [1.82, 2.24) is 20.1 Å². The fraction of sp³-hybridized carbons (Fsp3) is 0.429. The molecule has 2 N–H and O–H groups in total. The highest BCUT2D eigenvalue weighted by Gasteiger charge is 2.14. The number of hydrogen-bond donors (Lipinski definition) is 2. The molecule has 0 saturated carbocycles. The maximum Gasteiger partial charge on any atom is 0.138 e. The Morgan fingerprint density at radius 3 is 2.84 bits per heavy atom. The van der Waals surface area contributed by atoms with E-state index in [1.807, 2.05) is 23.9 Å². The Balaban J connectivity index is 1.96. The molecule has 0 amide bonds.